The number of phenols is 1. The summed E-state index contributed by atoms with van der Waals surface area (Å²) in [5.74, 6) is 0.443. The number of rotatable bonds is 3. The molecular formula is C22H27F3OS. The van der Waals surface area contributed by atoms with Gasteiger partial charge in [0, 0.05) is 16.2 Å². The van der Waals surface area contributed by atoms with Crippen LogP contribution in [0.5, 0.6) is 5.75 Å². The highest BCUT2D eigenvalue weighted by Gasteiger charge is 2.33. The first kappa shape index (κ1) is 21.7. The molecule has 0 amide bonds. The summed E-state index contributed by atoms with van der Waals surface area (Å²) >= 11 is 1.10. The Labute approximate surface area is 164 Å². The molecule has 27 heavy (non-hydrogen) atoms. The largest absolute Gasteiger partial charge is 0.507 e. The van der Waals surface area contributed by atoms with Crippen molar-refractivity contribution in [1.82, 2.24) is 0 Å². The molecule has 5 heteroatoms. The Morgan fingerprint density at radius 2 is 1.44 bits per heavy atom. The fourth-order valence-corrected chi connectivity index (χ4v) is 3.84. The summed E-state index contributed by atoms with van der Waals surface area (Å²) in [4.78, 5) is 0.169. The highest BCUT2D eigenvalue weighted by molar-refractivity contribution is 7.98. The minimum atomic E-state index is -4.39. The second-order valence-electron chi connectivity index (χ2n) is 8.81. The van der Waals surface area contributed by atoms with E-state index >= 15 is 0 Å². The maximum atomic E-state index is 13.2. The van der Waals surface area contributed by atoms with Crippen molar-refractivity contribution in [3.8, 4) is 5.75 Å². The Morgan fingerprint density at radius 1 is 0.852 bits per heavy atom. The molecule has 2 rings (SSSR count). The molecule has 0 radical (unpaired) electrons. The van der Waals surface area contributed by atoms with Crippen LogP contribution in [0.3, 0.4) is 0 Å². The summed E-state index contributed by atoms with van der Waals surface area (Å²) in [5.41, 5.74) is 1.50. The smallest absolute Gasteiger partial charge is 0.417 e. The Balaban J connectivity index is 2.46. The van der Waals surface area contributed by atoms with E-state index in [4.69, 9.17) is 0 Å². The standard InChI is InChI=1S/C22H27F3OS/c1-20(2,3)15-11-14(19(26)17(12-15)21(4,5)6)13-27-18-10-8-7-9-16(18)22(23,24)25/h7-12,26H,13H2,1-6H3. The molecule has 0 saturated heterocycles. The lowest BCUT2D eigenvalue weighted by molar-refractivity contribution is -0.139. The average Bonchev–Trinajstić information content (AvgIpc) is 2.51. The molecule has 0 aliphatic carbocycles. The van der Waals surface area contributed by atoms with Gasteiger partial charge in [0.2, 0.25) is 0 Å². The molecule has 0 bridgehead atoms. The number of hydrogen-bond donors (Lipinski definition) is 1. The van der Waals surface area contributed by atoms with Crippen molar-refractivity contribution in [2.75, 3.05) is 0 Å². The molecule has 0 heterocycles. The van der Waals surface area contributed by atoms with Gasteiger partial charge in [-0.25, -0.2) is 0 Å². The van der Waals surface area contributed by atoms with E-state index in [0.29, 0.717) is 5.56 Å². The third-order valence-corrected chi connectivity index (χ3v) is 5.56. The topological polar surface area (TPSA) is 20.2 Å². The molecule has 0 atom stereocenters. The van der Waals surface area contributed by atoms with E-state index in [9.17, 15) is 18.3 Å². The van der Waals surface area contributed by atoms with Crippen LogP contribution in [0.1, 0.15) is 63.8 Å². The summed E-state index contributed by atoms with van der Waals surface area (Å²) in [6, 6.07) is 9.48. The molecule has 0 unspecified atom stereocenters. The molecule has 0 aliphatic rings. The van der Waals surface area contributed by atoms with E-state index in [0.717, 1.165) is 29.0 Å². The van der Waals surface area contributed by atoms with Gasteiger partial charge in [0.05, 0.1) is 5.56 Å². The fraction of sp³-hybridized carbons (Fsp3) is 0.455. The van der Waals surface area contributed by atoms with E-state index in [-0.39, 0.29) is 27.2 Å². The normalized spacial score (nSPS) is 13.1. The minimum absolute atomic E-state index is 0.128. The minimum Gasteiger partial charge on any atom is -0.507 e. The monoisotopic (exact) mass is 396 g/mol. The van der Waals surface area contributed by atoms with Crippen molar-refractivity contribution in [2.45, 2.75) is 69.2 Å². The third-order valence-electron chi connectivity index (χ3n) is 4.44. The van der Waals surface area contributed by atoms with E-state index in [1.807, 2.05) is 32.9 Å². The average molecular weight is 397 g/mol. The first-order valence-corrected chi connectivity index (χ1v) is 9.85. The molecule has 2 aromatic carbocycles. The van der Waals surface area contributed by atoms with Gasteiger partial charge in [-0.3, -0.25) is 0 Å². The van der Waals surface area contributed by atoms with Crippen LogP contribution in [-0.2, 0) is 22.8 Å². The van der Waals surface area contributed by atoms with Crippen LogP contribution in [0.25, 0.3) is 0 Å². The highest BCUT2D eigenvalue weighted by atomic mass is 32.2. The fourth-order valence-electron chi connectivity index (χ4n) is 2.79. The van der Waals surface area contributed by atoms with Gasteiger partial charge in [0.25, 0.3) is 0 Å². The highest BCUT2D eigenvalue weighted by Crippen LogP contribution is 2.42. The summed E-state index contributed by atoms with van der Waals surface area (Å²) in [7, 11) is 0. The Morgan fingerprint density at radius 3 is 1.96 bits per heavy atom. The van der Waals surface area contributed by atoms with Gasteiger partial charge in [-0.15, -0.1) is 11.8 Å². The molecule has 0 fully saturated rings. The van der Waals surface area contributed by atoms with Gasteiger partial charge < -0.3 is 5.11 Å². The van der Waals surface area contributed by atoms with E-state index < -0.39 is 11.7 Å². The summed E-state index contributed by atoms with van der Waals surface area (Å²) in [6.07, 6.45) is -4.39. The number of thioether (sulfide) groups is 1. The lowest BCUT2D eigenvalue weighted by Crippen LogP contribution is -2.17. The first-order valence-electron chi connectivity index (χ1n) is 8.87. The molecule has 0 spiro atoms. The van der Waals surface area contributed by atoms with Gasteiger partial charge in [0.1, 0.15) is 5.75 Å². The number of benzene rings is 2. The van der Waals surface area contributed by atoms with Crippen LogP contribution in [0.2, 0.25) is 0 Å². The number of aromatic hydroxyl groups is 1. The van der Waals surface area contributed by atoms with E-state index in [1.54, 1.807) is 6.07 Å². The van der Waals surface area contributed by atoms with Crippen LogP contribution < -0.4 is 0 Å². The van der Waals surface area contributed by atoms with Crippen molar-refractivity contribution in [3.63, 3.8) is 0 Å². The molecule has 0 aromatic heterocycles. The zero-order valence-electron chi connectivity index (χ0n) is 16.7. The maximum absolute atomic E-state index is 13.2. The van der Waals surface area contributed by atoms with Crippen molar-refractivity contribution in [2.24, 2.45) is 0 Å². The second-order valence-corrected chi connectivity index (χ2v) is 9.83. The van der Waals surface area contributed by atoms with Crippen molar-refractivity contribution in [3.05, 3.63) is 58.7 Å². The lowest BCUT2D eigenvalue weighted by Gasteiger charge is -2.27. The van der Waals surface area contributed by atoms with Crippen LogP contribution in [0, 0.1) is 0 Å². The Kier molecular flexibility index (Phi) is 5.96. The Bertz CT molecular complexity index is 812. The van der Waals surface area contributed by atoms with Gasteiger partial charge >= 0.3 is 6.18 Å². The third kappa shape index (κ3) is 5.22. The molecule has 0 saturated carbocycles. The van der Waals surface area contributed by atoms with Crippen molar-refractivity contribution < 1.29 is 18.3 Å². The number of hydrogen-bond acceptors (Lipinski definition) is 2. The molecule has 1 N–H and O–H groups in total. The Hall–Kier alpha value is -1.62. The molecule has 2 aromatic rings. The first-order chi connectivity index (χ1) is 12.2. The summed E-state index contributed by atoms with van der Waals surface area (Å²) < 4.78 is 39.7. The molecule has 148 valence electrons. The number of phenolic OH excluding ortho intramolecular Hbond substituents is 1. The zero-order chi connectivity index (χ0) is 20.6. The SMILES string of the molecule is CC(C)(C)c1cc(CSc2ccccc2C(F)(F)F)c(O)c(C(C)(C)C)c1. The van der Waals surface area contributed by atoms with Crippen LogP contribution in [-0.4, -0.2) is 5.11 Å². The van der Waals surface area contributed by atoms with Gasteiger partial charge in [-0.05, 0) is 34.1 Å². The van der Waals surface area contributed by atoms with Gasteiger partial charge in [0.15, 0.2) is 0 Å². The predicted octanol–water partition coefficient (Wildman–Crippen LogP) is 7.30. The second kappa shape index (κ2) is 7.42. The molecule has 1 nitrogen and oxygen atoms in total. The summed E-state index contributed by atoms with van der Waals surface area (Å²) in [5, 5.41) is 10.8. The van der Waals surface area contributed by atoms with E-state index in [1.165, 1.54) is 12.1 Å². The van der Waals surface area contributed by atoms with E-state index in [2.05, 4.69) is 20.8 Å². The zero-order valence-corrected chi connectivity index (χ0v) is 17.5. The predicted molar refractivity (Wildman–Crippen MR) is 107 cm³/mol. The van der Waals surface area contributed by atoms with Crippen LogP contribution in [0.15, 0.2) is 41.3 Å². The lowest BCUT2D eigenvalue weighted by atomic mass is 9.79. The van der Waals surface area contributed by atoms with Crippen molar-refractivity contribution >= 4 is 11.8 Å². The maximum Gasteiger partial charge on any atom is 0.417 e. The van der Waals surface area contributed by atoms with Crippen LogP contribution in [0.4, 0.5) is 13.2 Å². The quantitative estimate of drug-likeness (QED) is 0.549. The molecular weight excluding hydrogens is 369 g/mol. The van der Waals surface area contributed by atoms with Crippen LogP contribution >= 0.6 is 11.8 Å². The molecule has 0 aliphatic heterocycles. The number of alkyl halides is 3. The van der Waals surface area contributed by atoms with Gasteiger partial charge in [-0.1, -0.05) is 65.8 Å². The number of halogens is 3. The summed E-state index contributed by atoms with van der Waals surface area (Å²) in [6.45, 7) is 12.3. The van der Waals surface area contributed by atoms with Gasteiger partial charge in [-0.2, -0.15) is 13.2 Å². The van der Waals surface area contributed by atoms with Crippen molar-refractivity contribution in [1.29, 1.82) is 0 Å².